The lowest BCUT2D eigenvalue weighted by atomic mass is 10.2. The number of anilines is 1. The molecule has 0 atom stereocenters. The molecule has 16 heavy (non-hydrogen) atoms. The Kier molecular flexibility index (Phi) is 1.87. The Morgan fingerprint density at radius 1 is 1.38 bits per heavy atom. The van der Waals surface area contributed by atoms with E-state index in [2.05, 4.69) is 5.32 Å². The summed E-state index contributed by atoms with van der Waals surface area (Å²) in [6.07, 6.45) is 3.30. The number of amides is 1. The van der Waals surface area contributed by atoms with Gasteiger partial charge in [0, 0.05) is 17.0 Å². The van der Waals surface area contributed by atoms with E-state index in [1.165, 1.54) is 11.3 Å². The Balaban J connectivity index is 2.21. The van der Waals surface area contributed by atoms with Crippen molar-refractivity contribution in [3.63, 3.8) is 0 Å². The van der Waals surface area contributed by atoms with Gasteiger partial charge in [-0.05, 0) is 17.5 Å². The van der Waals surface area contributed by atoms with Crippen molar-refractivity contribution in [2.45, 2.75) is 0 Å². The maximum absolute atomic E-state index is 11.1. The number of hydrogen-bond donors (Lipinski definition) is 2. The van der Waals surface area contributed by atoms with Gasteiger partial charge < -0.3 is 15.8 Å². The lowest BCUT2D eigenvalue weighted by Crippen LogP contribution is -2.07. The Morgan fingerprint density at radius 2 is 2.25 bits per heavy atom. The number of rotatable bonds is 1. The van der Waals surface area contributed by atoms with Gasteiger partial charge in [-0.3, -0.25) is 4.79 Å². The fourth-order valence-corrected chi connectivity index (χ4v) is 2.56. The molecule has 3 rings (SSSR count). The predicted molar refractivity (Wildman–Crippen MR) is 63.7 cm³/mol. The summed E-state index contributed by atoms with van der Waals surface area (Å²) in [5.74, 6) is 0.360. The first-order chi connectivity index (χ1) is 7.74. The number of nitrogens with one attached hydrogen (secondary N) is 1. The van der Waals surface area contributed by atoms with Crippen LogP contribution in [0.2, 0.25) is 0 Å². The van der Waals surface area contributed by atoms with Crippen molar-refractivity contribution in [2.75, 3.05) is 5.32 Å². The van der Waals surface area contributed by atoms with Crippen molar-refractivity contribution < 1.29 is 9.53 Å². The maximum Gasteiger partial charge on any atom is 0.258 e. The molecule has 0 aliphatic carbocycles. The summed E-state index contributed by atoms with van der Waals surface area (Å²) in [4.78, 5) is 11.6. The molecule has 2 heterocycles. The van der Waals surface area contributed by atoms with Crippen LogP contribution < -0.4 is 15.8 Å². The molecule has 1 aromatic carbocycles. The number of nitrogens with two attached hydrogens (primary N) is 1. The molecule has 0 fully saturated rings. The highest BCUT2D eigenvalue weighted by Crippen LogP contribution is 2.36. The molecule has 0 unspecified atom stereocenters. The van der Waals surface area contributed by atoms with Crippen molar-refractivity contribution in [3.8, 4) is 5.75 Å². The summed E-state index contributed by atoms with van der Waals surface area (Å²) in [5.41, 5.74) is 6.14. The minimum absolute atomic E-state index is 0.397. The van der Waals surface area contributed by atoms with Crippen molar-refractivity contribution in [1.29, 1.82) is 0 Å². The summed E-state index contributed by atoms with van der Waals surface area (Å²) in [5, 5.41) is 4.07. The number of carbonyl (C=O) groups is 1. The number of primary amides is 1. The van der Waals surface area contributed by atoms with Gasteiger partial charge in [0.25, 0.3) is 5.91 Å². The van der Waals surface area contributed by atoms with Crippen LogP contribution in [0, 0.1) is 0 Å². The first-order valence-corrected chi connectivity index (χ1v) is 5.51. The van der Waals surface area contributed by atoms with Crippen molar-refractivity contribution in [1.82, 2.24) is 0 Å². The number of ether oxygens (including phenoxy) is 1. The lowest BCUT2D eigenvalue weighted by Gasteiger charge is -2.12. The number of benzene rings is 1. The van der Waals surface area contributed by atoms with Crippen LogP contribution >= 0.6 is 11.3 Å². The summed E-state index contributed by atoms with van der Waals surface area (Å²) in [7, 11) is 0. The SMILES string of the molecule is NC(=O)c1cc2cc3c(cc2s1)OC=CN3. The van der Waals surface area contributed by atoms with E-state index in [4.69, 9.17) is 10.5 Å². The average Bonchev–Trinajstić information content (AvgIpc) is 2.68. The van der Waals surface area contributed by atoms with E-state index < -0.39 is 5.91 Å². The zero-order chi connectivity index (χ0) is 11.1. The maximum atomic E-state index is 11.1. The lowest BCUT2D eigenvalue weighted by molar-refractivity contribution is 0.100. The minimum Gasteiger partial charge on any atom is -0.461 e. The molecule has 3 N–H and O–H groups in total. The van der Waals surface area contributed by atoms with Crippen LogP contribution in [0.1, 0.15) is 9.67 Å². The van der Waals surface area contributed by atoms with Gasteiger partial charge in [-0.1, -0.05) is 0 Å². The van der Waals surface area contributed by atoms with Crippen LogP contribution in [0.25, 0.3) is 10.1 Å². The standard InChI is InChI=1S/C11H8N2O2S/c12-11(14)10-4-6-3-7-8(5-9(6)16-10)15-2-1-13-7/h1-5,13H,(H2,12,14). The van der Waals surface area contributed by atoms with Gasteiger partial charge in [-0.15, -0.1) is 11.3 Å². The second-order valence-corrected chi connectivity index (χ2v) is 4.51. The van der Waals surface area contributed by atoms with Gasteiger partial charge >= 0.3 is 0 Å². The van der Waals surface area contributed by atoms with E-state index >= 15 is 0 Å². The third-order valence-electron chi connectivity index (χ3n) is 2.36. The monoisotopic (exact) mass is 232 g/mol. The fraction of sp³-hybridized carbons (Fsp3) is 0. The molecule has 2 aromatic rings. The highest BCUT2D eigenvalue weighted by molar-refractivity contribution is 7.20. The van der Waals surface area contributed by atoms with Gasteiger partial charge in [0.05, 0.1) is 10.6 Å². The summed E-state index contributed by atoms with van der Waals surface area (Å²) in [6.45, 7) is 0. The van der Waals surface area contributed by atoms with E-state index in [1.807, 2.05) is 12.1 Å². The van der Waals surface area contributed by atoms with Crippen LogP contribution in [-0.4, -0.2) is 5.91 Å². The molecule has 0 saturated heterocycles. The fourth-order valence-electron chi connectivity index (χ4n) is 1.63. The average molecular weight is 232 g/mol. The molecular formula is C11H8N2O2S. The highest BCUT2D eigenvalue weighted by Gasteiger charge is 2.12. The molecule has 4 nitrogen and oxygen atoms in total. The molecular weight excluding hydrogens is 224 g/mol. The Labute approximate surface area is 95.3 Å². The van der Waals surface area contributed by atoms with Crippen molar-refractivity contribution in [2.24, 2.45) is 5.73 Å². The normalized spacial score (nSPS) is 13.0. The molecule has 0 spiro atoms. The van der Waals surface area contributed by atoms with Gasteiger partial charge in [-0.25, -0.2) is 0 Å². The van der Waals surface area contributed by atoms with E-state index in [0.717, 1.165) is 21.5 Å². The summed E-state index contributed by atoms with van der Waals surface area (Å²) >= 11 is 1.37. The predicted octanol–water partition coefficient (Wildman–Crippen LogP) is 2.28. The quantitative estimate of drug-likeness (QED) is 0.792. The van der Waals surface area contributed by atoms with Crippen LogP contribution in [0.4, 0.5) is 5.69 Å². The molecule has 0 radical (unpaired) electrons. The first kappa shape index (κ1) is 9.23. The van der Waals surface area contributed by atoms with Gasteiger partial charge in [0.15, 0.2) is 5.75 Å². The molecule has 80 valence electrons. The van der Waals surface area contributed by atoms with E-state index in [-0.39, 0.29) is 0 Å². The van der Waals surface area contributed by atoms with Crippen LogP contribution in [-0.2, 0) is 0 Å². The minimum atomic E-state index is -0.397. The Hall–Kier alpha value is -2.01. The van der Waals surface area contributed by atoms with E-state index in [9.17, 15) is 4.79 Å². The van der Waals surface area contributed by atoms with Crippen molar-refractivity contribution in [3.05, 3.63) is 35.5 Å². The number of fused-ring (bicyclic) bond motifs is 2. The molecule has 5 heteroatoms. The molecule has 0 bridgehead atoms. The third-order valence-corrected chi connectivity index (χ3v) is 3.48. The topological polar surface area (TPSA) is 64.4 Å². The van der Waals surface area contributed by atoms with E-state index in [1.54, 1.807) is 18.5 Å². The molecule has 1 aliphatic heterocycles. The Bertz CT molecular complexity index is 571. The molecule has 1 amide bonds. The Morgan fingerprint density at radius 3 is 3.06 bits per heavy atom. The van der Waals surface area contributed by atoms with Crippen LogP contribution in [0.15, 0.2) is 30.7 Å². The number of hydrogen-bond acceptors (Lipinski definition) is 4. The zero-order valence-corrected chi connectivity index (χ0v) is 9.01. The summed E-state index contributed by atoms with van der Waals surface area (Å²) < 4.78 is 6.34. The second-order valence-electron chi connectivity index (χ2n) is 3.43. The van der Waals surface area contributed by atoms with E-state index in [0.29, 0.717) is 4.88 Å². The van der Waals surface area contributed by atoms with Gasteiger partial charge in [-0.2, -0.15) is 0 Å². The summed E-state index contributed by atoms with van der Waals surface area (Å²) in [6, 6.07) is 5.64. The molecule has 0 saturated carbocycles. The highest BCUT2D eigenvalue weighted by atomic mass is 32.1. The smallest absolute Gasteiger partial charge is 0.258 e. The zero-order valence-electron chi connectivity index (χ0n) is 8.19. The van der Waals surface area contributed by atoms with Crippen LogP contribution in [0.3, 0.4) is 0 Å². The van der Waals surface area contributed by atoms with Gasteiger partial charge in [0.1, 0.15) is 6.26 Å². The third kappa shape index (κ3) is 1.33. The van der Waals surface area contributed by atoms with Gasteiger partial charge in [0.2, 0.25) is 0 Å². The second kappa shape index (κ2) is 3.24. The number of carbonyl (C=O) groups excluding carboxylic acids is 1. The number of thiophene rings is 1. The first-order valence-electron chi connectivity index (χ1n) is 4.69. The van der Waals surface area contributed by atoms with Crippen LogP contribution in [0.5, 0.6) is 5.75 Å². The molecule has 1 aromatic heterocycles. The van der Waals surface area contributed by atoms with Crippen molar-refractivity contribution >= 4 is 33.0 Å². The largest absolute Gasteiger partial charge is 0.461 e. The molecule has 1 aliphatic rings.